The van der Waals surface area contributed by atoms with Crippen LogP contribution in [0.25, 0.3) is 10.9 Å². The average molecular weight is 1040 g/mol. The number of amides is 9. The number of piperidine rings is 1. The van der Waals surface area contributed by atoms with Gasteiger partial charge in [0.15, 0.2) is 0 Å². The molecule has 5 heterocycles. The van der Waals surface area contributed by atoms with E-state index in [0.717, 1.165) is 23.1 Å². The van der Waals surface area contributed by atoms with Crippen LogP contribution in [0.4, 0.5) is 14.5 Å². The fourth-order valence-electron chi connectivity index (χ4n) is 9.18. The van der Waals surface area contributed by atoms with Crippen molar-refractivity contribution in [2.75, 3.05) is 71.1 Å². The normalized spacial score (nSPS) is 20.4. The van der Waals surface area contributed by atoms with Gasteiger partial charge in [0.25, 0.3) is 17.7 Å². The van der Waals surface area contributed by atoms with Gasteiger partial charge in [-0.3, -0.25) is 57.9 Å². The maximum absolute atomic E-state index is 14.5. The van der Waals surface area contributed by atoms with E-state index in [1.54, 1.807) is 12.1 Å². The molecule has 4 atom stereocenters. The lowest BCUT2D eigenvalue weighted by molar-refractivity contribution is -0.145. The number of fused-ring (bicyclic) bond motifs is 3. The minimum absolute atomic E-state index is 0.00735. The zero-order valence-electron chi connectivity index (χ0n) is 39.4. The number of H-pyrrole nitrogens is 1. The van der Waals surface area contributed by atoms with Gasteiger partial charge in [-0.05, 0) is 62.4 Å². The largest absolute Gasteiger partial charge is 0.399 e. The molecule has 9 amide bonds. The SMILES string of the molecule is NC(=O)CCCNC(=O)[C@@H]1CC[C@@H]2CCN(C(=O)CCOCCOCCOCCNc3cccc4c3C(=O)N(C3CCC(=O)NC3=O)C4=O)C[C@H](NC(=O)c3cc4cc(C(F)(F)P(=O)(O)O)ccc4[nH]3)C(=O)N21. The van der Waals surface area contributed by atoms with Crippen LogP contribution >= 0.6 is 7.60 Å². The summed E-state index contributed by atoms with van der Waals surface area (Å²) in [4.78, 5) is 142. The molecule has 0 saturated carbocycles. The number of halogens is 2. The highest BCUT2D eigenvalue weighted by Crippen LogP contribution is 2.59. The van der Waals surface area contributed by atoms with Gasteiger partial charge >= 0.3 is 13.3 Å². The molecule has 7 rings (SSSR count). The van der Waals surface area contributed by atoms with Crippen molar-refractivity contribution in [2.24, 2.45) is 5.73 Å². The Balaban J connectivity index is 0.871. The Morgan fingerprint density at radius 2 is 1.59 bits per heavy atom. The highest BCUT2D eigenvalue weighted by Gasteiger charge is 2.51. The van der Waals surface area contributed by atoms with Crippen LogP contribution in [0.3, 0.4) is 0 Å². The van der Waals surface area contributed by atoms with Crippen LogP contribution in [0.2, 0.25) is 0 Å². The van der Waals surface area contributed by atoms with Crippen LogP contribution in [-0.2, 0) is 53.2 Å². The lowest BCUT2D eigenvalue weighted by Crippen LogP contribution is -2.61. The van der Waals surface area contributed by atoms with Gasteiger partial charge in [-0.15, -0.1) is 0 Å². The molecule has 1 aromatic heterocycles. The summed E-state index contributed by atoms with van der Waals surface area (Å²) in [7, 11) is -5.89. The number of carbonyl (C=O) groups excluding carboxylic acids is 9. The first-order valence-corrected chi connectivity index (χ1v) is 25.2. The summed E-state index contributed by atoms with van der Waals surface area (Å²) in [6.07, 6.45) is 1.29. The Hall–Kier alpha value is -6.70. The number of hydrogen-bond acceptors (Lipinski definition) is 14. The van der Waals surface area contributed by atoms with Crippen molar-refractivity contribution in [2.45, 2.75) is 81.2 Å². The van der Waals surface area contributed by atoms with Crippen LogP contribution < -0.4 is 27.0 Å². The Bertz CT molecular complexity index is 2700. The third-order valence-electron chi connectivity index (χ3n) is 12.9. The molecule has 9 N–H and O–H groups in total. The summed E-state index contributed by atoms with van der Waals surface area (Å²) < 4.78 is 57.4. The van der Waals surface area contributed by atoms with Gasteiger partial charge in [-0.1, -0.05) is 12.1 Å². The maximum Gasteiger partial charge on any atom is 0.399 e. The number of primary amides is 1. The van der Waals surface area contributed by atoms with Crippen molar-refractivity contribution in [1.82, 2.24) is 35.6 Å². The molecule has 0 aliphatic carbocycles. The summed E-state index contributed by atoms with van der Waals surface area (Å²) in [6, 6.07) is 4.79. The summed E-state index contributed by atoms with van der Waals surface area (Å²) in [6.45, 7) is 1.15. The molecule has 3 fully saturated rings. The second kappa shape index (κ2) is 23.4. The first-order valence-electron chi connectivity index (χ1n) is 23.6. The molecule has 73 heavy (non-hydrogen) atoms. The fraction of sp³-hybridized carbons (Fsp3) is 0.500. The van der Waals surface area contributed by atoms with Crippen LogP contribution in [-0.4, -0.2) is 173 Å². The molecule has 4 aliphatic heterocycles. The van der Waals surface area contributed by atoms with Crippen LogP contribution in [0, 0.1) is 0 Å². The molecule has 394 valence electrons. The van der Waals surface area contributed by atoms with Crippen molar-refractivity contribution in [3.63, 3.8) is 0 Å². The Kier molecular flexibility index (Phi) is 17.4. The number of anilines is 1. The predicted octanol–water partition coefficient (Wildman–Crippen LogP) is 0.420. The minimum Gasteiger partial charge on any atom is -0.382 e. The standard InChI is InChI=1S/C46H56F2N9O15P/c47-46(48,73(67,68)69)27-6-8-30-26(23-27)24-32(52-30)40(61)53-33-25-55(16-12-28-7-9-34(56(28)44(33)65)41(62)51-14-2-5-36(49)58)38(60)13-17-70-19-21-72-22-20-71-18-15-50-31-4-1-3-29-39(31)45(66)57(43(29)64)35-10-11-37(59)54-42(35)63/h1,3-4,6,8,23-24,28,33-35,50,52H,2,5,7,9-22,25H2,(H2,49,58)(H,51,62)(H,53,61)(H,54,59,63)(H2,67,68,69)/t28-,33+,34+,35?/m1/s1. The fourth-order valence-corrected chi connectivity index (χ4v) is 9.66. The number of rotatable bonds is 23. The Morgan fingerprint density at radius 3 is 2.30 bits per heavy atom. The highest BCUT2D eigenvalue weighted by atomic mass is 31.2. The van der Waals surface area contributed by atoms with E-state index in [1.165, 1.54) is 21.9 Å². The number of ether oxygens (including phenoxy) is 3. The van der Waals surface area contributed by atoms with Gasteiger partial charge in [0.2, 0.25) is 35.4 Å². The average Bonchev–Trinajstić information content (AvgIpc) is 4.04. The van der Waals surface area contributed by atoms with E-state index < -0.39 is 96.2 Å². The summed E-state index contributed by atoms with van der Waals surface area (Å²) in [5.41, 5.74) is 0.373. The molecular weight excluding hydrogens is 988 g/mol. The van der Waals surface area contributed by atoms with Gasteiger partial charge in [0.1, 0.15) is 23.8 Å². The number of alkyl halides is 2. The van der Waals surface area contributed by atoms with E-state index in [1.807, 2.05) is 0 Å². The molecule has 24 nitrogen and oxygen atoms in total. The Morgan fingerprint density at radius 1 is 0.863 bits per heavy atom. The zero-order valence-corrected chi connectivity index (χ0v) is 40.3. The van der Waals surface area contributed by atoms with E-state index >= 15 is 0 Å². The van der Waals surface area contributed by atoms with Gasteiger partial charge in [-0.25, -0.2) is 0 Å². The second-order valence-corrected chi connectivity index (χ2v) is 19.4. The molecule has 4 aliphatic rings. The van der Waals surface area contributed by atoms with Gasteiger partial charge in [0, 0.05) is 67.2 Å². The van der Waals surface area contributed by atoms with Crippen molar-refractivity contribution in [1.29, 1.82) is 0 Å². The highest BCUT2D eigenvalue weighted by molar-refractivity contribution is 7.52. The number of nitrogens with two attached hydrogens (primary N) is 1. The van der Waals surface area contributed by atoms with Gasteiger partial charge in [-0.2, -0.15) is 8.78 Å². The number of nitrogens with zero attached hydrogens (tertiary/aromatic N) is 3. The third-order valence-corrected chi connectivity index (χ3v) is 13.9. The molecule has 3 saturated heterocycles. The molecule has 0 spiro atoms. The number of hydrogen-bond donors (Lipinski definition) is 8. The van der Waals surface area contributed by atoms with Crippen molar-refractivity contribution in [3.05, 3.63) is 64.8 Å². The molecule has 2 aromatic carbocycles. The predicted molar refractivity (Wildman–Crippen MR) is 250 cm³/mol. The molecule has 0 bridgehead atoms. The number of aromatic nitrogens is 1. The lowest BCUT2D eigenvalue weighted by Gasteiger charge is -2.38. The number of aromatic amines is 1. The van der Waals surface area contributed by atoms with Crippen LogP contribution in [0.5, 0.6) is 0 Å². The van der Waals surface area contributed by atoms with Crippen molar-refractivity contribution < 1.29 is 80.5 Å². The first kappa shape index (κ1) is 54.1. The smallest absolute Gasteiger partial charge is 0.382 e. The van der Waals surface area contributed by atoms with Crippen molar-refractivity contribution in [3.8, 4) is 0 Å². The number of imide groups is 2. The zero-order chi connectivity index (χ0) is 52.6. The molecule has 1 unspecified atom stereocenters. The van der Waals surface area contributed by atoms with E-state index in [-0.39, 0.29) is 132 Å². The first-order chi connectivity index (χ1) is 34.8. The summed E-state index contributed by atoms with van der Waals surface area (Å²) >= 11 is 0. The molecule has 3 aromatic rings. The third kappa shape index (κ3) is 12.6. The topological polar surface area (TPSA) is 339 Å². The number of carbonyl (C=O) groups is 9. The maximum atomic E-state index is 14.5. The monoisotopic (exact) mass is 1040 g/mol. The second-order valence-electron chi connectivity index (χ2n) is 17.8. The number of benzene rings is 2. The van der Waals surface area contributed by atoms with Crippen LogP contribution in [0.1, 0.15) is 88.1 Å². The van der Waals surface area contributed by atoms with E-state index in [2.05, 4.69) is 26.3 Å². The minimum atomic E-state index is -5.89. The van der Waals surface area contributed by atoms with Crippen molar-refractivity contribution >= 4 is 77.4 Å². The molecule has 0 radical (unpaired) electrons. The Labute approximate surface area is 415 Å². The number of nitrogens with one attached hydrogen (secondary N) is 5. The molecular formula is C46H56F2N9O15P. The lowest BCUT2D eigenvalue weighted by atomic mass is 10.0. The summed E-state index contributed by atoms with van der Waals surface area (Å²) in [5.74, 6) is -5.32. The van der Waals surface area contributed by atoms with E-state index in [0.29, 0.717) is 18.5 Å². The van der Waals surface area contributed by atoms with Crippen LogP contribution in [0.15, 0.2) is 42.5 Å². The van der Waals surface area contributed by atoms with E-state index in [9.17, 15) is 66.3 Å². The summed E-state index contributed by atoms with van der Waals surface area (Å²) in [5, 5.41) is 10.6. The van der Waals surface area contributed by atoms with Gasteiger partial charge < -0.3 is 60.5 Å². The van der Waals surface area contributed by atoms with Gasteiger partial charge in [0.05, 0.1) is 57.2 Å². The molecule has 27 heteroatoms. The quantitative estimate of drug-likeness (QED) is 0.0363. The van der Waals surface area contributed by atoms with E-state index in [4.69, 9.17) is 19.9 Å².